The summed E-state index contributed by atoms with van der Waals surface area (Å²) in [5, 5.41) is 7.62. The van der Waals surface area contributed by atoms with Crippen molar-refractivity contribution >= 4 is 17.6 Å². The number of anilines is 1. The van der Waals surface area contributed by atoms with E-state index >= 15 is 0 Å². The van der Waals surface area contributed by atoms with Crippen molar-refractivity contribution in [2.24, 2.45) is 0 Å². The second-order valence-electron chi connectivity index (χ2n) is 4.41. The first-order valence-corrected chi connectivity index (χ1v) is 6.40. The minimum Gasteiger partial charge on any atom is -0.406 e. The summed E-state index contributed by atoms with van der Waals surface area (Å²) in [6.45, 7) is 3.44. The van der Waals surface area contributed by atoms with Crippen molar-refractivity contribution in [3.05, 3.63) is 5.89 Å². The number of aromatic nitrogens is 2. The number of hydrogen-bond acceptors (Lipinski definition) is 5. The largest absolute Gasteiger partial charge is 0.406 e. The Bertz CT molecular complexity index is 350. The van der Waals surface area contributed by atoms with E-state index in [-0.39, 0.29) is 11.5 Å². The molecular formula is C11H18ClN3O2. The van der Waals surface area contributed by atoms with Gasteiger partial charge in [-0.05, 0) is 26.2 Å². The molecule has 6 heteroatoms. The van der Waals surface area contributed by atoms with E-state index in [4.69, 9.17) is 20.8 Å². The van der Waals surface area contributed by atoms with Crippen LogP contribution in [0.3, 0.4) is 0 Å². The Morgan fingerprint density at radius 1 is 1.47 bits per heavy atom. The van der Waals surface area contributed by atoms with Crippen LogP contribution in [0.5, 0.6) is 0 Å². The molecule has 1 aliphatic rings. The van der Waals surface area contributed by atoms with Crippen LogP contribution in [0, 0.1) is 0 Å². The van der Waals surface area contributed by atoms with Crippen LogP contribution in [-0.4, -0.2) is 36.5 Å². The maximum atomic E-state index is 5.87. The number of halogens is 1. The SMILES string of the molecule is CC(Cl)c1nnc(N(C)CC2CCCCO2)o1. The van der Waals surface area contributed by atoms with E-state index in [1.165, 1.54) is 6.42 Å². The van der Waals surface area contributed by atoms with E-state index in [0.29, 0.717) is 11.9 Å². The Kier molecular flexibility index (Phi) is 4.23. The average Bonchev–Trinajstić information content (AvgIpc) is 2.79. The van der Waals surface area contributed by atoms with Gasteiger partial charge in [-0.3, -0.25) is 0 Å². The molecule has 1 saturated heterocycles. The summed E-state index contributed by atoms with van der Waals surface area (Å²) in [5.74, 6) is 0.457. The van der Waals surface area contributed by atoms with E-state index < -0.39 is 0 Å². The highest BCUT2D eigenvalue weighted by molar-refractivity contribution is 6.20. The minimum atomic E-state index is -0.254. The van der Waals surface area contributed by atoms with E-state index in [1.54, 1.807) is 0 Å². The Labute approximate surface area is 106 Å². The highest BCUT2D eigenvalue weighted by atomic mass is 35.5. The predicted molar refractivity (Wildman–Crippen MR) is 65.4 cm³/mol. The Morgan fingerprint density at radius 2 is 2.29 bits per heavy atom. The van der Waals surface area contributed by atoms with Gasteiger partial charge in [-0.2, -0.15) is 0 Å². The number of rotatable bonds is 4. The predicted octanol–water partition coefficient (Wildman–Crippen LogP) is 2.37. The van der Waals surface area contributed by atoms with Gasteiger partial charge in [0.1, 0.15) is 5.38 Å². The number of hydrogen-bond donors (Lipinski definition) is 0. The van der Waals surface area contributed by atoms with E-state index in [9.17, 15) is 0 Å². The van der Waals surface area contributed by atoms with Crippen LogP contribution in [0.2, 0.25) is 0 Å². The van der Waals surface area contributed by atoms with Gasteiger partial charge in [0.15, 0.2) is 0 Å². The lowest BCUT2D eigenvalue weighted by Gasteiger charge is -2.26. The molecule has 0 aliphatic carbocycles. The molecular weight excluding hydrogens is 242 g/mol. The van der Waals surface area contributed by atoms with Gasteiger partial charge < -0.3 is 14.1 Å². The third kappa shape index (κ3) is 3.33. The van der Waals surface area contributed by atoms with E-state index in [0.717, 1.165) is 26.0 Å². The molecule has 2 atom stereocenters. The quantitative estimate of drug-likeness (QED) is 0.777. The Hall–Kier alpha value is -0.810. The molecule has 1 aromatic heterocycles. The molecule has 0 N–H and O–H groups in total. The van der Waals surface area contributed by atoms with Crippen LogP contribution >= 0.6 is 11.6 Å². The first kappa shape index (κ1) is 12.6. The molecule has 2 unspecified atom stereocenters. The van der Waals surface area contributed by atoms with Crippen LogP contribution in [0.15, 0.2) is 4.42 Å². The standard InChI is InChI=1S/C11H18ClN3O2/c1-8(12)10-13-14-11(17-10)15(2)7-9-5-3-4-6-16-9/h8-9H,3-7H2,1-2H3. The maximum absolute atomic E-state index is 5.87. The molecule has 1 aromatic rings. The summed E-state index contributed by atoms with van der Waals surface area (Å²) in [6.07, 6.45) is 3.75. The molecule has 0 spiro atoms. The van der Waals surface area contributed by atoms with Crippen LogP contribution in [-0.2, 0) is 4.74 Å². The molecule has 0 saturated carbocycles. The third-order valence-corrected chi connectivity index (χ3v) is 3.03. The van der Waals surface area contributed by atoms with E-state index in [2.05, 4.69) is 10.2 Å². The summed E-state index contributed by atoms with van der Waals surface area (Å²) >= 11 is 5.87. The number of ether oxygens (including phenoxy) is 1. The van der Waals surface area contributed by atoms with Crippen LogP contribution in [0.1, 0.15) is 37.5 Å². The summed E-state index contributed by atoms with van der Waals surface area (Å²) in [7, 11) is 1.92. The minimum absolute atomic E-state index is 0.254. The van der Waals surface area contributed by atoms with Gasteiger partial charge >= 0.3 is 6.01 Å². The lowest BCUT2D eigenvalue weighted by molar-refractivity contribution is 0.0211. The molecule has 0 bridgehead atoms. The molecule has 17 heavy (non-hydrogen) atoms. The Balaban J connectivity index is 1.91. The highest BCUT2D eigenvalue weighted by Crippen LogP contribution is 2.22. The van der Waals surface area contributed by atoms with Gasteiger partial charge in [-0.15, -0.1) is 16.7 Å². The van der Waals surface area contributed by atoms with Crippen molar-refractivity contribution in [2.45, 2.75) is 37.7 Å². The second-order valence-corrected chi connectivity index (χ2v) is 5.06. The Morgan fingerprint density at radius 3 is 2.88 bits per heavy atom. The molecule has 0 aromatic carbocycles. The van der Waals surface area contributed by atoms with Crippen molar-refractivity contribution in [3.8, 4) is 0 Å². The van der Waals surface area contributed by atoms with Gasteiger partial charge in [0.05, 0.1) is 6.10 Å². The van der Waals surface area contributed by atoms with Gasteiger partial charge in [-0.1, -0.05) is 5.10 Å². The number of nitrogens with zero attached hydrogens (tertiary/aromatic N) is 3. The van der Waals surface area contributed by atoms with E-state index in [1.807, 2.05) is 18.9 Å². The first-order chi connectivity index (χ1) is 8.16. The lowest BCUT2D eigenvalue weighted by atomic mass is 10.1. The van der Waals surface area contributed by atoms with Crippen molar-refractivity contribution < 1.29 is 9.15 Å². The van der Waals surface area contributed by atoms with Gasteiger partial charge in [0, 0.05) is 20.2 Å². The third-order valence-electron chi connectivity index (χ3n) is 2.85. The summed E-state index contributed by atoms with van der Waals surface area (Å²) in [6, 6.07) is 0.502. The fraction of sp³-hybridized carbons (Fsp3) is 0.818. The van der Waals surface area contributed by atoms with Crippen LogP contribution in [0.25, 0.3) is 0 Å². The summed E-state index contributed by atoms with van der Waals surface area (Å²) < 4.78 is 11.1. The smallest absolute Gasteiger partial charge is 0.318 e. The first-order valence-electron chi connectivity index (χ1n) is 5.97. The lowest BCUT2D eigenvalue weighted by Crippen LogP contribution is -2.33. The molecule has 1 aliphatic heterocycles. The summed E-state index contributed by atoms with van der Waals surface area (Å²) in [5.41, 5.74) is 0. The van der Waals surface area contributed by atoms with Gasteiger partial charge in [0.2, 0.25) is 5.89 Å². The monoisotopic (exact) mass is 259 g/mol. The molecule has 0 amide bonds. The zero-order valence-electron chi connectivity index (χ0n) is 10.2. The molecule has 1 fully saturated rings. The van der Waals surface area contributed by atoms with Crippen molar-refractivity contribution in [1.82, 2.24) is 10.2 Å². The fourth-order valence-corrected chi connectivity index (χ4v) is 1.96. The van der Waals surface area contributed by atoms with Gasteiger partial charge in [0.25, 0.3) is 0 Å². The topological polar surface area (TPSA) is 51.4 Å². The number of alkyl halides is 1. The second kappa shape index (κ2) is 5.69. The molecule has 96 valence electrons. The van der Waals surface area contributed by atoms with Crippen molar-refractivity contribution in [1.29, 1.82) is 0 Å². The normalized spacial score (nSPS) is 22.4. The van der Waals surface area contributed by atoms with Crippen molar-refractivity contribution in [3.63, 3.8) is 0 Å². The zero-order valence-corrected chi connectivity index (χ0v) is 11.0. The average molecular weight is 260 g/mol. The maximum Gasteiger partial charge on any atom is 0.318 e. The fourth-order valence-electron chi connectivity index (χ4n) is 1.88. The molecule has 2 heterocycles. The summed E-state index contributed by atoms with van der Waals surface area (Å²) in [4.78, 5) is 1.92. The van der Waals surface area contributed by atoms with Gasteiger partial charge in [-0.25, -0.2) is 0 Å². The van der Waals surface area contributed by atoms with Crippen LogP contribution in [0.4, 0.5) is 6.01 Å². The van der Waals surface area contributed by atoms with Crippen molar-refractivity contribution in [2.75, 3.05) is 25.1 Å². The zero-order chi connectivity index (χ0) is 12.3. The molecule has 2 rings (SSSR count). The number of likely N-dealkylation sites (N-methyl/N-ethyl adjacent to an activating group) is 1. The highest BCUT2D eigenvalue weighted by Gasteiger charge is 2.19. The molecule has 0 radical (unpaired) electrons. The molecule has 5 nitrogen and oxygen atoms in total. The van der Waals surface area contributed by atoms with Crippen LogP contribution < -0.4 is 4.90 Å².